The number of hydrogen-bond donors (Lipinski definition) is 1. The highest BCUT2D eigenvalue weighted by atomic mass is 15.3. The van der Waals surface area contributed by atoms with Crippen molar-refractivity contribution in [2.24, 2.45) is 4.99 Å². The van der Waals surface area contributed by atoms with Crippen molar-refractivity contribution in [2.45, 2.75) is 26.3 Å². The van der Waals surface area contributed by atoms with Crippen molar-refractivity contribution in [3.63, 3.8) is 0 Å². The fourth-order valence-electron chi connectivity index (χ4n) is 3.17. The van der Waals surface area contributed by atoms with Crippen LogP contribution in [0.1, 0.15) is 19.8 Å². The third-order valence-corrected chi connectivity index (χ3v) is 4.59. The average Bonchev–Trinajstić information content (AvgIpc) is 3.21. The minimum absolute atomic E-state index is 0.851. The molecule has 1 aliphatic heterocycles. The van der Waals surface area contributed by atoms with Gasteiger partial charge in [-0.2, -0.15) is 0 Å². The highest BCUT2D eigenvalue weighted by Gasteiger charge is 2.19. The first-order valence-electron chi connectivity index (χ1n) is 9.52. The summed E-state index contributed by atoms with van der Waals surface area (Å²) >= 11 is 0. The maximum Gasteiger partial charge on any atom is 0.194 e. The highest BCUT2D eigenvalue weighted by molar-refractivity contribution is 5.80. The number of benzene rings is 1. The van der Waals surface area contributed by atoms with Gasteiger partial charge in [0, 0.05) is 51.5 Å². The topological polar surface area (TPSA) is 61.6 Å². The number of piperazine rings is 1. The monoisotopic (exact) mass is 355 g/mol. The molecule has 0 aliphatic carbocycles. The fraction of sp³-hybridized carbons (Fsp3) is 0.526. The van der Waals surface area contributed by atoms with Gasteiger partial charge in [-0.1, -0.05) is 18.2 Å². The van der Waals surface area contributed by atoms with Gasteiger partial charge in [0.25, 0.3) is 0 Å². The van der Waals surface area contributed by atoms with Gasteiger partial charge in [0.05, 0.1) is 0 Å². The normalized spacial score (nSPS) is 15.3. The number of unbranched alkanes of at least 4 members (excludes halogenated alkanes) is 1. The molecule has 0 radical (unpaired) electrons. The second-order valence-corrected chi connectivity index (χ2v) is 6.45. The van der Waals surface area contributed by atoms with E-state index in [-0.39, 0.29) is 0 Å². The Morgan fingerprint density at radius 3 is 2.46 bits per heavy atom. The molecule has 140 valence electrons. The number of aryl methyl sites for hydroxylation is 1. The van der Waals surface area contributed by atoms with E-state index in [1.165, 1.54) is 5.69 Å². The van der Waals surface area contributed by atoms with Crippen LogP contribution in [0.4, 0.5) is 5.69 Å². The standard InChI is InChI=1S/C19H29N7/c1-2-20-19(21-10-6-7-11-24-16-22-23-17-24)26-14-12-25(13-15-26)18-8-4-3-5-9-18/h3-5,8-9,16-17H,2,6-7,10-15H2,1H3,(H,20,21). The van der Waals surface area contributed by atoms with Gasteiger partial charge in [-0.25, -0.2) is 0 Å². The van der Waals surface area contributed by atoms with Crippen LogP contribution in [0.3, 0.4) is 0 Å². The van der Waals surface area contributed by atoms with E-state index < -0.39 is 0 Å². The van der Waals surface area contributed by atoms with E-state index in [0.717, 1.165) is 64.6 Å². The molecule has 3 rings (SSSR count). The van der Waals surface area contributed by atoms with Gasteiger partial charge in [-0.3, -0.25) is 4.99 Å². The van der Waals surface area contributed by atoms with E-state index in [0.29, 0.717) is 0 Å². The van der Waals surface area contributed by atoms with Gasteiger partial charge in [0.15, 0.2) is 5.96 Å². The minimum atomic E-state index is 0.851. The number of anilines is 1. The smallest absolute Gasteiger partial charge is 0.194 e. The zero-order chi connectivity index (χ0) is 18.0. The lowest BCUT2D eigenvalue weighted by atomic mass is 10.2. The van der Waals surface area contributed by atoms with Crippen LogP contribution in [0.5, 0.6) is 0 Å². The van der Waals surface area contributed by atoms with Crippen LogP contribution >= 0.6 is 0 Å². The van der Waals surface area contributed by atoms with Crippen LogP contribution in [-0.2, 0) is 6.54 Å². The Kier molecular flexibility index (Phi) is 6.87. The summed E-state index contributed by atoms with van der Waals surface area (Å²) in [6.45, 7) is 8.89. The van der Waals surface area contributed by atoms with Gasteiger partial charge in [-0.05, 0) is 31.9 Å². The summed E-state index contributed by atoms with van der Waals surface area (Å²) in [5, 5.41) is 11.1. The molecule has 1 aromatic carbocycles. The third-order valence-electron chi connectivity index (χ3n) is 4.59. The van der Waals surface area contributed by atoms with Gasteiger partial charge >= 0.3 is 0 Å². The molecule has 7 heteroatoms. The van der Waals surface area contributed by atoms with Crippen molar-refractivity contribution in [1.29, 1.82) is 0 Å². The van der Waals surface area contributed by atoms with Gasteiger partial charge in [0.2, 0.25) is 0 Å². The lowest BCUT2D eigenvalue weighted by molar-refractivity contribution is 0.372. The van der Waals surface area contributed by atoms with Crippen LogP contribution in [0.25, 0.3) is 0 Å². The van der Waals surface area contributed by atoms with E-state index in [1.807, 2.05) is 4.57 Å². The molecule has 2 aromatic rings. The Balaban J connectivity index is 1.45. The maximum absolute atomic E-state index is 4.83. The zero-order valence-corrected chi connectivity index (χ0v) is 15.6. The number of para-hydroxylation sites is 1. The Labute approximate surface area is 155 Å². The number of rotatable bonds is 7. The fourth-order valence-corrected chi connectivity index (χ4v) is 3.17. The summed E-state index contributed by atoms with van der Waals surface area (Å²) in [5.41, 5.74) is 1.31. The first-order chi connectivity index (χ1) is 12.9. The van der Waals surface area contributed by atoms with E-state index in [1.54, 1.807) is 12.7 Å². The van der Waals surface area contributed by atoms with E-state index in [4.69, 9.17) is 4.99 Å². The number of guanidine groups is 1. The molecule has 2 heterocycles. The molecule has 0 spiro atoms. The van der Waals surface area contributed by atoms with Crippen molar-refractivity contribution in [3.05, 3.63) is 43.0 Å². The number of hydrogen-bond acceptors (Lipinski definition) is 4. The molecule has 26 heavy (non-hydrogen) atoms. The van der Waals surface area contributed by atoms with Crippen molar-refractivity contribution in [2.75, 3.05) is 44.2 Å². The highest BCUT2D eigenvalue weighted by Crippen LogP contribution is 2.15. The van der Waals surface area contributed by atoms with Crippen molar-refractivity contribution < 1.29 is 0 Å². The molecule has 0 saturated carbocycles. The molecule has 1 aromatic heterocycles. The molecule has 1 N–H and O–H groups in total. The number of nitrogens with zero attached hydrogens (tertiary/aromatic N) is 6. The largest absolute Gasteiger partial charge is 0.368 e. The van der Waals surface area contributed by atoms with Crippen LogP contribution in [0.15, 0.2) is 48.0 Å². The Bertz CT molecular complexity index is 646. The molecule has 0 amide bonds. The predicted molar refractivity (Wildman–Crippen MR) is 105 cm³/mol. The van der Waals surface area contributed by atoms with Crippen molar-refractivity contribution >= 4 is 11.6 Å². The second kappa shape index (κ2) is 9.79. The van der Waals surface area contributed by atoms with E-state index >= 15 is 0 Å². The Morgan fingerprint density at radius 1 is 1.04 bits per heavy atom. The lowest BCUT2D eigenvalue weighted by Crippen LogP contribution is -2.52. The van der Waals surface area contributed by atoms with Crippen molar-refractivity contribution in [3.8, 4) is 0 Å². The van der Waals surface area contributed by atoms with Crippen LogP contribution in [-0.4, -0.2) is 64.9 Å². The molecule has 7 nitrogen and oxygen atoms in total. The van der Waals surface area contributed by atoms with E-state index in [2.05, 4.69) is 62.6 Å². The third kappa shape index (κ3) is 5.21. The summed E-state index contributed by atoms with van der Waals surface area (Å²) in [7, 11) is 0. The molecule has 0 unspecified atom stereocenters. The van der Waals surface area contributed by atoms with Crippen LogP contribution in [0, 0.1) is 0 Å². The zero-order valence-electron chi connectivity index (χ0n) is 15.6. The van der Waals surface area contributed by atoms with Gasteiger partial charge < -0.3 is 19.7 Å². The van der Waals surface area contributed by atoms with E-state index in [9.17, 15) is 0 Å². The Hall–Kier alpha value is -2.57. The number of aromatic nitrogens is 3. The van der Waals surface area contributed by atoms with Gasteiger partial charge in [0.1, 0.15) is 12.7 Å². The summed E-state index contributed by atoms with van der Waals surface area (Å²) in [6, 6.07) is 10.6. The molecule has 1 aliphatic rings. The van der Waals surface area contributed by atoms with Crippen LogP contribution in [0.2, 0.25) is 0 Å². The molecule has 0 atom stereocenters. The maximum atomic E-state index is 4.83. The second-order valence-electron chi connectivity index (χ2n) is 6.45. The van der Waals surface area contributed by atoms with Gasteiger partial charge in [-0.15, -0.1) is 10.2 Å². The molecule has 0 bridgehead atoms. The summed E-state index contributed by atoms with van der Waals surface area (Å²) < 4.78 is 2.01. The minimum Gasteiger partial charge on any atom is -0.368 e. The summed E-state index contributed by atoms with van der Waals surface area (Å²) in [5.74, 6) is 1.05. The Morgan fingerprint density at radius 2 is 1.77 bits per heavy atom. The van der Waals surface area contributed by atoms with Crippen molar-refractivity contribution in [1.82, 2.24) is 25.0 Å². The summed E-state index contributed by atoms with van der Waals surface area (Å²) in [6.07, 6.45) is 5.68. The average molecular weight is 355 g/mol. The number of nitrogens with one attached hydrogen (secondary N) is 1. The summed E-state index contributed by atoms with van der Waals surface area (Å²) in [4.78, 5) is 9.65. The quantitative estimate of drug-likeness (QED) is 0.467. The molecule has 1 saturated heterocycles. The molecular weight excluding hydrogens is 326 g/mol. The SMILES string of the molecule is CCNC(=NCCCCn1cnnc1)N1CCN(c2ccccc2)CC1. The first kappa shape index (κ1) is 18.2. The first-order valence-corrected chi connectivity index (χ1v) is 9.52. The molecule has 1 fully saturated rings. The number of aliphatic imine (C=N–C) groups is 1. The predicted octanol–water partition coefficient (Wildman–Crippen LogP) is 1.85. The molecular formula is C19H29N7. The van der Waals surface area contributed by atoms with Crippen LogP contribution < -0.4 is 10.2 Å². The lowest BCUT2D eigenvalue weighted by Gasteiger charge is -2.37.